The summed E-state index contributed by atoms with van der Waals surface area (Å²) in [6.45, 7) is 2.58. The Morgan fingerprint density at radius 3 is 2.36 bits per heavy atom. The second kappa shape index (κ2) is 7.56. The monoisotopic (exact) mass is 361 g/mol. The Balaban J connectivity index is 1.89. The Bertz CT molecular complexity index is 794. The molecule has 2 aromatic carbocycles. The highest BCUT2D eigenvalue weighted by atomic mass is 32.2. The molecule has 1 N–H and O–H groups in total. The maximum Gasteiger partial charge on any atom is 0.241 e. The molecular weight excluding hydrogens is 338 g/mol. The number of benzene rings is 2. The summed E-state index contributed by atoms with van der Waals surface area (Å²) in [6.07, 6.45) is 1.59. The van der Waals surface area contributed by atoms with E-state index in [0.717, 1.165) is 29.7 Å². The van der Waals surface area contributed by atoms with E-state index in [1.54, 1.807) is 31.4 Å². The number of ether oxygens (including phenoxy) is 2. The summed E-state index contributed by atoms with van der Waals surface area (Å²) in [5, 5.41) is 0. The molecule has 1 aliphatic rings. The van der Waals surface area contributed by atoms with E-state index in [2.05, 4.69) is 4.72 Å². The number of methoxy groups -OCH3 is 1. The van der Waals surface area contributed by atoms with Gasteiger partial charge in [0.2, 0.25) is 10.0 Å². The van der Waals surface area contributed by atoms with Crippen molar-refractivity contribution in [3.05, 3.63) is 59.7 Å². The number of hydrogen-bond donors (Lipinski definition) is 1. The summed E-state index contributed by atoms with van der Waals surface area (Å²) in [5.74, 6) is 0.733. The molecule has 0 aromatic heterocycles. The number of rotatable bonds is 6. The molecule has 1 saturated heterocycles. The Morgan fingerprint density at radius 1 is 1.12 bits per heavy atom. The molecule has 0 spiro atoms. The zero-order valence-electron chi connectivity index (χ0n) is 14.4. The second-order valence-electron chi connectivity index (χ2n) is 6.24. The minimum absolute atomic E-state index is 0.173. The molecule has 2 atom stereocenters. The normalized spacial score (nSPS) is 18.9. The van der Waals surface area contributed by atoms with Crippen molar-refractivity contribution in [1.82, 2.24) is 4.72 Å². The van der Waals surface area contributed by atoms with Gasteiger partial charge in [-0.25, -0.2) is 13.1 Å². The van der Waals surface area contributed by atoms with E-state index < -0.39 is 16.1 Å². The minimum Gasteiger partial charge on any atom is -0.497 e. The molecule has 0 radical (unpaired) electrons. The first-order valence-corrected chi connectivity index (χ1v) is 9.82. The van der Waals surface area contributed by atoms with Crippen LogP contribution in [0.1, 0.15) is 30.0 Å². The average Bonchev–Trinajstić information content (AvgIpc) is 3.15. The summed E-state index contributed by atoms with van der Waals surface area (Å²) in [7, 11) is -2.03. The summed E-state index contributed by atoms with van der Waals surface area (Å²) < 4.78 is 39.4. The maximum absolute atomic E-state index is 12.8. The number of nitrogens with one attached hydrogen (secondary N) is 1. The Labute approximate surface area is 149 Å². The van der Waals surface area contributed by atoms with E-state index >= 15 is 0 Å². The smallest absolute Gasteiger partial charge is 0.241 e. The summed E-state index contributed by atoms with van der Waals surface area (Å²) in [4.78, 5) is 0.259. The highest BCUT2D eigenvalue weighted by Gasteiger charge is 2.31. The SMILES string of the molecule is COc1ccc([C@H](NS(=O)(=O)c2ccc(C)cc2)[C@@H]2CCCO2)cc1. The van der Waals surface area contributed by atoms with Gasteiger partial charge in [-0.3, -0.25) is 0 Å². The van der Waals surface area contributed by atoms with Crippen molar-refractivity contribution < 1.29 is 17.9 Å². The van der Waals surface area contributed by atoms with E-state index in [-0.39, 0.29) is 11.0 Å². The van der Waals surface area contributed by atoms with Crippen LogP contribution in [-0.2, 0) is 14.8 Å². The van der Waals surface area contributed by atoms with Gasteiger partial charge in [-0.2, -0.15) is 0 Å². The van der Waals surface area contributed by atoms with E-state index in [0.29, 0.717) is 6.61 Å². The molecule has 5 nitrogen and oxygen atoms in total. The van der Waals surface area contributed by atoms with Crippen molar-refractivity contribution in [2.75, 3.05) is 13.7 Å². The summed E-state index contributed by atoms with van der Waals surface area (Å²) in [6, 6.07) is 13.8. The average molecular weight is 361 g/mol. The third-order valence-corrected chi connectivity index (χ3v) is 5.88. The van der Waals surface area contributed by atoms with Gasteiger partial charge in [-0.15, -0.1) is 0 Å². The molecule has 2 aromatic rings. The van der Waals surface area contributed by atoms with Crippen LogP contribution < -0.4 is 9.46 Å². The van der Waals surface area contributed by atoms with Crippen molar-refractivity contribution in [2.45, 2.75) is 36.8 Å². The topological polar surface area (TPSA) is 64.6 Å². The van der Waals surface area contributed by atoms with Crippen molar-refractivity contribution in [3.63, 3.8) is 0 Å². The van der Waals surface area contributed by atoms with Crippen LogP contribution in [-0.4, -0.2) is 28.2 Å². The zero-order valence-corrected chi connectivity index (χ0v) is 15.3. The number of sulfonamides is 1. The van der Waals surface area contributed by atoms with E-state index in [1.165, 1.54) is 0 Å². The molecule has 0 saturated carbocycles. The Kier molecular flexibility index (Phi) is 5.42. The van der Waals surface area contributed by atoms with Crippen LogP contribution >= 0.6 is 0 Å². The molecule has 6 heteroatoms. The fourth-order valence-corrected chi connectivity index (χ4v) is 4.24. The van der Waals surface area contributed by atoms with Crippen LogP contribution in [0.25, 0.3) is 0 Å². The predicted molar refractivity (Wildman–Crippen MR) is 96.2 cm³/mol. The number of aryl methyl sites for hydroxylation is 1. The van der Waals surface area contributed by atoms with Crippen LogP contribution in [0.15, 0.2) is 53.4 Å². The Hall–Kier alpha value is -1.89. The first kappa shape index (κ1) is 17.9. The van der Waals surface area contributed by atoms with Crippen molar-refractivity contribution >= 4 is 10.0 Å². The number of hydrogen-bond acceptors (Lipinski definition) is 4. The lowest BCUT2D eigenvalue weighted by Gasteiger charge is -2.25. The van der Waals surface area contributed by atoms with Crippen LogP contribution in [0.2, 0.25) is 0 Å². The molecule has 134 valence electrons. The molecule has 0 amide bonds. The first-order chi connectivity index (χ1) is 12.0. The maximum atomic E-state index is 12.8. The quantitative estimate of drug-likeness (QED) is 0.858. The van der Waals surface area contributed by atoms with Gasteiger partial charge >= 0.3 is 0 Å². The molecule has 1 fully saturated rings. The van der Waals surface area contributed by atoms with Crippen molar-refractivity contribution in [1.29, 1.82) is 0 Å². The predicted octanol–water partition coefficient (Wildman–Crippen LogP) is 3.20. The standard InChI is InChI=1S/C19H23NO4S/c1-14-5-11-17(12-6-14)25(21,22)20-19(18-4-3-13-24-18)15-7-9-16(23-2)10-8-15/h5-12,18-20H,3-4,13H2,1-2H3/t18-,19-/m0/s1. The molecule has 0 unspecified atom stereocenters. The molecular formula is C19H23NO4S. The van der Waals surface area contributed by atoms with Gasteiger partial charge in [0.15, 0.2) is 0 Å². The van der Waals surface area contributed by atoms with Gasteiger partial charge in [0.1, 0.15) is 5.75 Å². The highest BCUT2D eigenvalue weighted by Crippen LogP contribution is 2.29. The van der Waals surface area contributed by atoms with Gasteiger partial charge in [0.05, 0.1) is 24.2 Å². The van der Waals surface area contributed by atoms with E-state index in [1.807, 2.05) is 31.2 Å². The molecule has 0 aliphatic carbocycles. The summed E-state index contributed by atoms with van der Waals surface area (Å²) in [5.41, 5.74) is 1.88. The molecule has 3 rings (SSSR count). The largest absolute Gasteiger partial charge is 0.497 e. The van der Waals surface area contributed by atoms with Gasteiger partial charge < -0.3 is 9.47 Å². The summed E-state index contributed by atoms with van der Waals surface area (Å²) >= 11 is 0. The van der Waals surface area contributed by atoms with Gasteiger partial charge in [-0.05, 0) is 49.6 Å². The molecule has 25 heavy (non-hydrogen) atoms. The fourth-order valence-electron chi connectivity index (χ4n) is 2.99. The third-order valence-electron chi connectivity index (χ3n) is 4.43. The fraction of sp³-hybridized carbons (Fsp3) is 0.368. The van der Waals surface area contributed by atoms with Crippen LogP contribution in [0, 0.1) is 6.92 Å². The van der Waals surface area contributed by atoms with Gasteiger partial charge in [-0.1, -0.05) is 29.8 Å². The van der Waals surface area contributed by atoms with Crippen LogP contribution in [0.5, 0.6) is 5.75 Å². The molecule has 0 bridgehead atoms. The zero-order chi connectivity index (χ0) is 17.9. The second-order valence-corrected chi connectivity index (χ2v) is 7.95. The highest BCUT2D eigenvalue weighted by molar-refractivity contribution is 7.89. The van der Waals surface area contributed by atoms with Gasteiger partial charge in [0, 0.05) is 6.61 Å². The lowest BCUT2D eigenvalue weighted by molar-refractivity contribution is 0.0852. The van der Waals surface area contributed by atoms with Crippen molar-refractivity contribution in [2.24, 2.45) is 0 Å². The Morgan fingerprint density at radius 2 is 1.80 bits per heavy atom. The van der Waals surface area contributed by atoms with Gasteiger partial charge in [0.25, 0.3) is 0 Å². The molecule has 1 aliphatic heterocycles. The lowest BCUT2D eigenvalue weighted by atomic mass is 10.0. The first-order valence-electron chi connectivity index (χ1n) is 8.34. The van der Waals surface area contributed by atoms with E-state index in [9.17, 15) is 8.42 Å². The minimum atomic E-state index is -3.64. The van der Waals surface area contributed by atoms with E-state index in [4.69, 9.17) is 9.47 Å². The molecule has 1 heterocycles. The van der Waals surface area contributed by atoms with Crippen LogP contribution in [0.4, 0.5) is 0 Å². The van der Waals surface area contributed by atoms with Crippen LogP contribution in [0.3, 0.4) is 0 Å². The van der Waals surface area contributed by atoms with Crippen molar-refractivity contribution in [3.8, 4) is 5.75 Å². The lowest BCUT2D eigenvalue weighted by Crippen LogP contribution is -2.36. The third kappa shape index (κ3) is 4.21.